The summed E-state index contributed by atoms with van der Waals surface area (Å²) in [5.74, 6) is 0.936. The van der Waals surface area contributed by atoms with Crippen molar-refractivity contribution in [3.8, 4) is 0 Å². The van der Waals surface area contributed by atoms with Crippen molar-refractivity contribution >= 4 is 0 Å². The van der Waals surface area contributed by atoms with Crippen LogP contribution in [-0.2, 0) is 4.74 Å². The molecule has 2 atom stereocenters. The van der Waals surface area contributed by atoms with Crippen molar-refractivity contribution in [2.24, 2.45) is 5.92 Å². The summed E-state index contributed by atoms with van der Waals surface area (Å²) in [6, 6.07) is 0.566. The predicted molar refractivity (Wildman–Crippen MR) is 81.5 cm³/mol. The first-order valence-corrected chi connectivity index (χ1v) is 8.62. The van der Waals surface area contributed by atoms with Gasteiger partial charge >= 0.3 is 0 Å². The molecule has 0 radical (unpaired) electrons. The lowest BCUT2D eigenvalue weighted by molar-refractivity contribution is -0.0933. The highest BCUT2D eigenvalue weighted by atomic mass is 16.5. The molecule has 1 saturated carbocycles. The zero-order chi connectivity index (χ0) is 13.6. The van der Waals surface area contributed by atoms with Gasteiger partial charge in [0.05, 0.1) is 5.60 Å². The van der Waals surface area contributed by atoms with E-state index in [0.29, 0.717) is 6.04 Å². The Balaban J connectivity index is 1.93. The molecular weight excluding hydrogens is 234 g/mol. The number of ether oxygens (including phenoxy) is 1. The Hall–Kier alpha value is -0.0800. The molecule has 0 spiro atoms. The summed E-state index contributed by atoms with van der Waals surface area (Å²) in [5, 5.41) is 3.80. The standard InChI is InChI=1S/C17H33NO/c1-3-12-18-16(14-15-9-5-4-6-10-15)17(2)11-7-8-13-19-17/h15-16,18H,3-14H2,1-2H3. The molecule has 2 heteroatoms. The van der Waals surface area contributed by atoms with Crippen molar-refractivity contribution in [1.82, 2.24) is 5.32 Å². The zero-order valence-corrected chi connectivity index (χ0v) is 13.0. The Bertz CT molecular complexity index is 242. The van der Waals surface area contributed by atoms with Gasteiger partial charge in [0.15, 0.2) is 0 Å². The summed E-state index contributed by atoms with van der Waals surface area (Å²) in [6.45, 7) is 6.71. The third-order valence-electron chi connectivity index (χ3n) is 5.17. The van der Waals surface area contributed by atoms with Crippen LogP contribution in [0.1, 0.15) is 78.1 Å². The van der Waals surface area contributed by atoms with E-state index in [-0.39, 0.29) is 5.60 Å². The Morgan fingerprint density at radius 3 is 2.58 bits per heavy atom. The highest BCUT2D eigenvalue weighted by molar-refractivity contribution is 4.93. The molecule has 0 aromatic carbocycles. The highest BCUT2D eigenvalue weighted by Gasteiger charge is 2.37. The fourth-order valence-electron chi connectivity index (χ4n) is 3.85. The van der Waals surface area contributed by atoms with Crippen molar-refractivity contribution in [3.63, 3.8) is 0 Å². The van der Waals surface area contributed by atoms with Crippen molar-refractivity contribution in [2.45, 2.75) is 89.7 Å². The van der Waals surface area contributed by atoms with Crippen LogP contribution in [-0.4, -0.2) is 24.8 Å². The highest BCUT2D eigenvalue weighted by Crippen LogP contribution is 2.34. The Labute approximate surface area is 119 Å². The number of rotatable bonds is 6. The summed E-state index contributed by atoms with van der Waals surface area (Å²) in [5.41, 5.74) is 0.0882. The van der Waals surface area contributed by atoms with Crippen LogP contribution in [0.25, 0.3) is 0 Å². The van der Waals surface area contributed by atoms with E-state index in [0.717, 1.165) is 19.1 Å². The van der Waals surface area contributed by atoms with Crippen molar-refractivity contribution in [1.29, 1.82) is 0 Å². The molecule has 1 aliphatic carbocycles. The van der Waals surface area contributed by atoms with Crippen LogP contribution in [0, 0.1) is 5.92 Å². The SMILES string of the molecule is CCCNC(CC1CCCCC1)C1(C)CCCCO1. The van der Waals surface area contributed by atoms with Crippen LogP contribution in [0.4, 0.5) is 0 Å². The monoisotopic (exact) mass is 267 g/mol. The van der Waals surface area contributed by atoms with E-state index in [9.17, 15) is 0 Å². The maximum Gasteiger partial charge on any atom is 0.0806 e. The maximum absolute atomic E-state index is 6.20. The smallest absolute Gasteiger partial charge is 0.0806 e. The topological polar surface area (TPSA) is 21.3 Å². The minimum atomic E-state index is 0.0882. The average molecular weight is 267 g/mol. The lowest BCUT2D eigenvalue weighted by Gasteiger charge is -2.43. The molecule has 2 unspecified atom stereocenters. The third-order valence-corrected chi connectivity index (χ3v) is 5.17. The van der Waals surface area contributed by atoms with E-state index in [1.807, 2.05) is 0 Å². The summed E-state index contributed by atoms with van der Waals surface area (Å²) in [4.78, 5) is 0. The normalized spacial score (nSPS) is 31.3. The Morgan fingerprint density at radius 2 is 1.95 bits per heavy atom. The second-order valence-corrected chi connectivity index (χ2v) is 6.86. The molecule has 1 saturated heterocycles. The molecule has 0 bridgehead atoms. The molecule has 2 nitrogen and oxygen atoms in total. The second-order valence-electron chi connectivity index (χ2n) is 6.86. The van der Waals surface area contributed by atoms with Crippen LogP contribution >= 0.6 is 0 Å². The quantitative estimate of drug-likeness (QED) is 0.775. The molecule has 1 aliphatic heterocycles. The van der Waals surface area contributed by atoms with E-state index in [1.54, 1.807) is 0 Å². The van der Waals surface area contributed by atoms with Crippen LogP contribution in [0.2, 0.25) is 0 Å². The van der Waals surface area contributed by atoms with Gasteiger partial charge in [-0.15, -0.1) is 0 Å². The Morgan fingerprint density at radius 1 is 1.16 bits per heavy atom. The van der Waals surface area contributed by atoms with Crippen LogP contribution in [0.15, 0.2) is 0 Å². The number of nitrogens with one attached hydrogen (secondary N) is 1. The minimum Gasteiger partial charge on any atom is -0.374 e. The van der Waals surface area contributed by atoms with E-state index in [4.69, 9.17) is 4.74 Å². The van der Waals surface area contributed by atoms with E-state index in [2.05, 4.69) is 19.2 Å². The lowest BCUT2D eigenvalue weighted by atomic mass is 9.78. The largest absolute Gasteiger partial charge is 0.374 e. The van der Waals surface area contributed by atoms with Gasteiger partial charge in [0.2, 0.25) is 0 Å². The van der Waals surface area contributed by atoms with Gasteiger partial charge in [-0.3, -0.25) is 0 Å². The van der Waals surface area contributed by atoms with Gasteiger partial charge in [-0.1, -0.05) is 39.0 Å². The molecule has 1 heterocycles. The third kappa shape index (κ3) is 4.46. The van der Waals surface area contributed by atoms with Crippen molar-refractivity contribution < 1.29 is 4.74 Å². The predicted octanol–water partition coefficient (Wildman–Crippen LogP) is 4.28. The molecule has 19 heavy (non-hydrogen) atoms. The molecule has 0 aromatic rings. The van der Waals surface area contributed by atoms with E-state index >= 15 is 0 Å². The summed E-state index contributed by atoms with van der Waals surface area (Å²) < 4.78 is 6.20. The fraction of sp³-hybridized carbons (Fsp3) is 1.00. The fourth-order valence-corrected chi connectivity index (χ4v) is 3.85. The molecule has 112 valence electrons. The van der Waals surface area contributed by atoms with Crippen LogP contribution < -0.4 is 5.32 Å². The van der Waals surface area contributed by atoms with Crippen molar-refractivity contribution in [2.75, 3.05) is 13.2 Å². The van der Waals surface area contributed by atoms with Crippen LogP contribution in [0.3, 0.4) is 0 Å². The molecule has 2 aliphatic rings. The van der Waals surface area contributed by atoms with Gasteiger partial charge in [0.1, 0.15) is 0 Å². The Kier molecular flexibility index (Phi) is 6.15. The molecule has 1 N–H and O–H groups in total. The minimum absolute atomic E-state index is 0.0882. The molecule has 0 amide bonds. The summed E-state index contributed by atoms with van der Waals surface area (Å²) in [7, 11) is 0. The first-order valence-electron chi connectivity index (χ1n) is 8.62. The van der Waals surface area contributed by atoms with Gasteiger partial charge in [-0.2, -0.15) is 0 Å². The average Bonchev–Trinajstić information content (AvgIpc) is 2.45. The van der Waals surface area contributed by atoms with Gasteiger partial charge in [-0.05, 0) is 51.5 Å². The molecular formula is C17H33NO. The van der Waals surface area contributed by atoms with E-state index < -0.39 is 0 Å². The molecule has 2 rings (SSSR count). The van der Waals surface area contributed by atoms with Crippen LogP contribution in [0.5, 0.6) is 0 Å². The van der Waals surface area contributed by atoms with Gasteiger partial charge < -0.3 is 10.1 Å². The zero-order valence-electron chi connectivity index (χ0n) is 13.0. The summed E-state index contributed by atoms with van der Waals surface area (Å²) in [6.07, 6.45) is 13.6. The number of hydrogen-bond acceptors (Lipinski definition) is 2. The molecule has 2 fully saturated rings. The maximum atomic E-state index is 6.20. The molecule has 0 aromatic heterocycles. The first-order chi connectivity index (χ1) is 9.24. The van der Waals surface area contributed by atoms with E-state index in [1.165, 1.54) is 64.2 Å². The first kappa shape index (κ1) is 15.3. The van der Waals surface area contributed by atoms with Crippen molar-refractivity contribution in [3.05, 3.63) is 0 Å². The van der Waals surface area contributed by atoms with Gasteiger partial charge in [-0.25, -0.2) is 0 Å². The number of hydrogen-bond donors (Lipinski definition) is 1. The second kappa shape index (κ2) is 7.64. The van der Waals surface area contributed by atoms with Gasteiger partial charge in [0.25, 0.3) is 0 Å². The lowest BCUT2D eigenvalue weighted by Crippen LogP contribution is -2.53. The van der Waals surface area contributed by atoms with Gasteiger partial charge in [0, 0.05) is 12.6 Å². The summed E-state index contributed by atoms with van der Waals surface area (Å²) >= 11 is 0.